The van der Waals surface area contributed by atoms with Gasteiger partial charge in [-0.15, -0.1) is 0 Å². The van der Waals surface area contributed by atoms with Gasteiger partial charge in [-0.1, -0.05) is 56.3 Å². The van der Waals surface area contributed by atoms with Crippen molar-refractivity contribution < 1.29 is 0 Å². The fourth-order valence-corrected chi connectivity index (χ4v) is 5.49. The molecule has 2 nitrogen and oxygen atoms in total. The monoisotopic (exact) mass is 344 g/mol. The number of rotatable bonds is 3. The van der Waals surface area contributed by atoms with Crippen LogP contribution < -0.4 is 0 Å². The van der Waals surface area contributed by atoms with Crippen LogP contribution in [0.5, 0.6) is 0 Å². The second-order valence-electron chi connectivity index (χ2n) is 8.55. The third-order valence-electron chi connectivity index (χ3n) is 7.29. The van der Waals surface area contributed by atoms with Crippen LogP contribution in [0.2, 0.25) is 0 Å². The van der Waals surface area contributed by atoms with Gasteiger partial charge in [0.05, 0.1) is 0 Å². The number of nitrogens with zero attached hydrogens (tertiary/aromatic N) is 1. The Bertz CT molecular complexity index is 907. The van der Waals surface area contributed by atoms with Crippen molar-refractivity contribution in [3.63, 3.8) is 0 Å². The number of piperidine rings is 1. The van der Waals surface area contributed by atoms with Crippen molar-refractivity contribution >= 4 is 10.9 Å². The van der Waals surface area contributed by atoms with Crippen molar-refractivity contribution in [3.05, 3.63) is 71.4 Å². The maximum Gasteiger partial charge on any atom is 0.0456 e. The summed E-state index contributed by atoms with van der Waals surface area (Å²) in [6.07, 6.45) is 3.59. The van der Waals surface area contributed by atoms with E-state index in [9.17, 15) is 0 Å². The summed E-state index contributed by atoms with van der Waals surface area (Å²) in [5.74, 6) is 0.717. The van der Waals surface area contributed by atoms with E-state index in [1.165, 1.54) is 36.0 Å². The maximum atomic E-state index is 3.60. The van der Waals surface area contributed by atoms with Gasteiger partial charge in [-0.05, 0) is 59.4 Å². The van der Waals surface area contributed by atoms with Gasteiger partial charge in [0.1, 0.15) is 0 Å². The number of hydrogen-bond donors (Lipinski definition) is 1. The summed E-state index contributed by atoms with van der Waals surface area (Å²) in [5, 5.41) is 1.33. The van der Waals surface area contributed by atoms with E-state index in [-0.39, 0.29) is 0 Å². The van der Waals surface area contributed by atoms with Crippen LogP contribution in [0.25, 0.3) is 10.9 Å². The van der Waals surface area contributed by atoms with Gasteiger partial charge in [-0.25, -0.2) is 0 Å². The molecular weight excluding hydrogens is 316 g/mol. The highest BCUT2D eigenvalue weighted by atomic mass is 15.2. The summed E-state index contributed by atoms with van der Waals surface area (Å²) < 4.78 is 0. The average molecular weight is 345 g/mol. The molecule has 0 amide bonds. The third kappa shape index (κ3) is 2.43. The smallest absolute Gasteiger partial charge is 0.0456 e. The molecule has 26 heavy (non-hydrogen) atoms. The first-order chi connectivity index (χ1) is 12.6. The molecular formula is C24H28N2. The van der Waals surface area contributed by atoms with Crippen LogP contribution in [-0.2, 0) is 18.3 Å². The van der Waals surface area contributed by atoms with Crippen molar-refractivity contribution in [1.29, 1.82) is 0 Å². The number of aromatic nitrogens is 1. The highest BCUT2D eigenvalue weighted by Crippen LogP contribution is 2.48. The molecule has 1 aliphatic heterocycles. The maximum absolute atomic E-state index is 3.60. The summed E-state index contributed by atoms with van der Waals surface area (Å²) in [5.41, 5.74) is 6.15. The van der Waals surface area contributed by atoms with E-state index in [1.54, 1.807) is 11.1 Å². The second kappa shape index (κ2) is 5.99. The molecule has 3 atom stereocenters. The van der Waals surface area contributed by atoms with Gasteiger partial charge in [-0.3, -0.25) is 4.90 Å². The Labute approximate surface area is 156 Å². The van der Waals surface area contributed by atoms with E-state index in [0.717, 1.165) is 13.0 Å². The molecule has 0 spiro atoms. The minimum absolute atomic E-state index is 0.344. The number of benzene rings is 2. The first kappa shape index (κ1) is 16.1. The minimum atomic E-state index is 0.344. The zero-order valence-corrected chi connectivity index (χ0v) is 15.8. The Balaban J connectivity index is 1.37. The van der Waals surface area contributed by atoms with Crippen LogP contribution in [0.15, 0.2) is 54.6 Å². The van der Waals surface area contributed by atoms with Gasteiger partial charge in [0.15, 0.2) is 0 Å². The number of nitrogens with one attached hydrogen (secondary N) is 1. The number of aromatic amines is 1. The summed E-state index contributed by atoms with van der Waals surface area (Å²) in [4.78, 5) is 6.36. The van der Waals surface area contributed by atoms with Gasteiger partial charge in [0, 0.05) is 30.2 Å². The lowest BCUT2D eigenvalue weighted by atomic mass is 9.59. The topological polar surface area (TPSA) is 19.0 Å². The van der Waals surface area contributed by atoms with Crippen LogP contribution in [0, 0.1) is 5.92 Å². The number of likely N-dealkylation sites (tertiary alicyclic amines) is 1. The second-order valence-corrected chi connectivity index (χ2v) is 8.55. The van der Waals surface area contributed by atoms with Crippen LogP contribution >= 0.6 is 0 Å². The van der Waals surface area contributed by atoms with Crippen LogP contribution in [0.1, 0.15) is 37.1 Å². The number of hydrogen-bond acceptors (Lipinski definition) is 1. The summed E-state index contributed by atoms with van der Waals surface area (Å²) in [7, 11) is 0. The molecule has 1 N–H and O–H groups in total. The first-order valence-electron chi connectivity index (χ1n) is 10.0. The van der Waals surface area contributed by atoms with Crippen molar-refractivity contribution in [2.24, 2.45) is 5.92 Å². The number of para-hydroxylation sites is 1. The predicted octanol–water partition coefficient (Wildman–Crippen LogP) is 4.93. The largest absolute Gasteiger partial charge is 0.358 e. The van der Waals surface area contributed by atoms with Crippen molar-refractivity contribution in [1.82, 2.24) is 9.88 Å². The highest BCUT2D eigenvalue weighted by molar-refractivity contribution is 5.80. The van der Waals surface area contributed by atoms with Gasteiger partial charge >= 0.3 is 0 Å². The Morgan fingerprint density at radius 3 is 2.81 bits per heavy atom. The Kier molecular flexibility index (Phi) is 3.72. The lowest BCUT2D eigenvalue weighted by Crippen LogP contribution is -2.58. The van der Waals surface area contributed by atoms with Gasteiger partial charge < -0.3 is 4.98 Å². The highest BCUT2D eigenvalue weighted by Gasteiger charge is 2.47. The summed E-state index contributed by atoms with van der Waals surface area (Å²) in [6.45, 7) is 7.35. The van der Waals surface area contributed by atoms with Crippen molar-refractivity contribution in [2.75, 3.05) is 13.1 Å². The fourth-order valence-electron chi connectivity index (χ4n) is 5.49. The zero-order chi connectivity index (χ0) is 17.7. The molecule has 1 aromatic heterocycles. The van der Waals surface area contributed by atoms with E-state index in [2.05, 4.69) is 78.3 Å². The SMILES string of the molecule is C[C@@H]1[C@H]2Cc3ccccc3[C@]1(C)CCN2CCc1cc2ccccc2[nH]1. The lowest BCUT2D eigenvalue weighted by Gasteiger charge is -2.54. The molecule has 2 aromatic carbocycles. The molecule has 134 valence electrons. The molecule has 0 radical (unpaired) electrons. The Morgan fingerprint density at radius 2 is 1.92 bits per heavy atom. The molecule has 1 saturated heterocycles. The van der Waals surface area contributed by atoms with E-state index in [4.69, 9.17) is 0 Å². The molecule has 2 bridgehead atoms. The van der Waals surface area contributed by atoms with E-state index in [0.29, 0.717) is 17.4 Å². The Morgan fingerprint density at radius 1 is 1.12 bits per heavy atom. The van der Waals surface area contributed by atoms with Gasteiger partial charge in [0.25, 0.3) is 0 Å². The molecule has 0 saturated carbocycles. The quantitative estimate of drug-likeness (QED) is 0.713. The third-order valence-corrected chi connectivity index (χ3v) is 7.29. The van der Waals surface area contributed by atoms with Gasteiger partial charge in [-0.2, -0.15) is 0 Å². The van der Waals surface area contributed by atoms with Crippen molar-refractivity contribution in [3.8, 4) is 0 Å². The summed E-state index contributed by atoms with van der Waals surface area (Å²) >= 11 is 0. The summed E-state index contributed by atoms with van der Waals surface area (Å²) in [6, 6.07) is 20.8. The standard InChI is InChI=1S/C24H28N2/c1-17-23-16-18-7-3-5-9-21(18)24(17,2)12-14-26(23)13-11-20-15-19-8-4-6-10-22(19)25-20/h3-10,15,17,23,25H,11-14,16H2,1-2H3/t17-,23-,24-/m1/s1. The number of H-pyrrole nitrogens is 1. The Hall–Kier alpha value is -2.06. The van der Waals surface area contributed by atoms with Crippen LogP contribution in [0.4, 0.5) is 0 Å². The molecule has 5 rings (SSSR count). The predicted molar refractivity (Wildman–Crippen MR) is 109 cm³/mol. The molecule has 0 unspecified atom stereocenters. The van der Waals surface area contributed by atoms with E-state index < -0.39 is 0 Å². The van der Waals surface area contributed by atoms with Crippen molar-refractivity contribution in [2.45, 2.75) is 44.6 Å². The van der Waals surface area contributed by atoms with E-state index >= 15 is 0 Å². The van der Waals surface area contributed by atoms with Gasteiger partial charge in [0.2, 0.25) is 0 Å². The zero-order valence-electron chi connectivity index (χ0n) is 15.8. The molecule has 2 heterocycles. The lowest BCUT2D eigenvalue weighted by molar-refractivity contribution is 0.0322. The first-order valence-corrected chi connectivity index (χ1v) is 10.0. The molecule has 1 fully saturated rings. The fraction of sp³-hybridized carbons (Fsp3) is 0.417. The normalized spacial score (nSPS) is 28.2. The number of fused-ring (bicyclic) bond motifs is 5. The molecule has 2 heteroatoms. The molecule has 3 aromatic rings. The molecule has 1 aliphatic carbocycles. The van der Waals surface area contributed by atoms with Crippen LogP contribution in [0.3, 0.4) is 0 Å². The molecule has 2 aliphatic rings. The average Bonchev–Trinajstić information content (AvgIpc) is 3.07. The van der Waals surface area contributed by atoms with Crippen LogP contribution in [-0.4, -0.2) is 29.0 Å². The minimum Gasteiger partial charge on any atom is -0.358 e. The van der Waals surface area contributed by atoms with E-state index in [1.807, 2.05) is 0 Å².